The fraction of sp³-hybridized carbons (Fsp3) is 0.312. The second-order valence-electron chi connectivity index (χ2n) is 9.95. The van der Waals surface area contributed by atoms with E-state index in [2.05, 4.69) is 0 Å². The largest absolute Gasteiger partial charge is 0.507 e. The Bertz CT molecular complexity index is 1410. The molecule has 1 aliphatic rings. The van der Waals surface area contributed by atoms with Gasteiger partial charge in [-0.05, 0) is 80.3 Å². The molecule has 7 heteroatoms. The molecular weight excluding hydrogens is 494 g/mol. The van der Waals surface area contributed by atoms with Gasteiger partial charge in [-0.3, -0.25) is 14.5 Å². The molecule has 1 amide bonds. The number of ether oxygens (including phenoxy) is 3. The summed E-state index contributed by atoms with van der Waals surface area (Å²) in [5.41, 5.74) is 2.43. The zero-order valence-electron chi connectivity index (χ0n) is 23.2. The van der Waals surface area contributed by atoms with Gasteiger partial charge in [0.25, 0.3) is 11.7 Å². The lowest BCUT2D eigenvalue weighted by Gasteiger charge is -2.26. The minimum absolute atomic E-state index is 0.00313. The Morgan fingerprint density at radius 1 is 0.949 bits per heavy atom. The number of nitrogens with zero attached hydrogens (tertiary/aromatic N) is 1. The van der Waals surface area contributed by atoms with Crippen molar-refractivity contribution in [2.45, 2.75) is 52.7 Å². The van der Waals surface area contributed by atoms with E-state index in [4.69, 9.17) is 14.2 Å². The lowest BCUT2D eigenvalue weighted by molar-refractivity contribution is -0.132. The molecule has 1 atom stereocenters. The van der Waals surface area contributed by atoms with Crippen molar-refractivity contribution in [3.05, 3.63) is 89.0 Å². The van der Waals surface area contributed by atoms with Crippen LogP contribution >= 0.6 is 0 Å². The SMILES string of the molecule is CCOc1cccc(N2C(=O)C(=O)/C(=C(/O)c3ccc(OC)c(C(C)C)c3)C2c2cccc(OC(C)C)c2)c1. The molecule has 39 heavy (non-hydrogen) atoms. The number of aliphatic hydroxyl groups excluding tert-OH is 1. The Morgan fingerprint density at radius 3 is 2.33 bits per heavy atom. The zero-order valence-corrected chi connectivity index (χ0v) is 23.2. The van der Waals surface area contributed by atoms with E-state index in [0.717, 1.165) is 5.56 Å². The molecule has 4 rings (SSSR count). The minimum atomic E-state index is -0.887. The van der Waals surface area contributed by atoms with Crippen LogP contribution in [0.15, 0.2) is 72.3 Å². The number of ketones is 1. The Morgan fingerprint density at radius 2 is 1.67 bits per heavy atom. The number of carbonyl (C=O) groups is 2. The van der Waals surface area contributed by atoms with Crippen LogP contribution < -0.4 is 19.1 Å². The molecule has 1 N–H and O–H groups in total. The molecule has 0 aliphatic carbocycles. The van der Waals surface area contributed by atoms with Crippen molar-refractivity contribution < 1.29 is 28.9 Å². The van der Waals surface area contributed by atoms with Crippen LogP contribution in [0.25, 0.3) is 5.76 Å². The average molecular weight is 530 g/mol. The first kappa shape index (κ1) is 27.8. The molecule has 0 saturated carbocycles. The molecule has 3 aromatic rings. The van der Waals surface area contributed by atoms with E-state index in [1.165, 1.54) is 4.90 Å². The first-order valence-electron chi connectivity index (χ1n) is 13.1. The van der Waals surface area contributed by atoms with Crippen molar-refractivity contribution in [3.63, 3.8) is 0 Å². The normalized spacial score (nSPS) is 16.7. The van der Waals surface area contributed by atoms with E-state index >= 15 is 0 Å². The number of Topliss-reactive ketones (excluding diaryl/α,β-unsaturated/α-hetero) is 1. The van der Waals surface area contributed by atoms with Gasteiger partial charge in [0.15, 0.2) is 0 Å². The first-order valence-corrected chi connectivity index (χ1v) is 13.1. The number of benzene rings is 3. The molecule has 7 nitrogen and oxygen atoms in total. The first-order chi connectivity index (χ1) is 18.7. The van der Waals surface area contributed by atoms with Gasteiger partial charge in [-0.15, -0.1) is 0 Å². The third-order valence-corrected chi connectivity index (χ3v) is 6.52. The number of carbonyl (C=O) groups excluding carboxylic acids is 2. The van der Waals surface area contributed by atoms with Gasteiger partial charge in [0.05, 0.1) is 31.4 Å². The molecule has 1 saturated heterocycles. The van der Waals surface area contributed by atoms with E-state index in [9.17, 15) is 14.7 Å². The fourth-order valence-electron chi connectivity index (χ4n) is 4.82. The van der Waals surface area contributed by atoms with Gasteiger partial charge in [0, 0.05) is 17.3 Å². The number of aliphatic hydroxyl groups is 1. The molecule has 3 aromatic carbocycles. The molecule has 204 valence electrons. The van der Waals surface area contributed by atoms with Gasteiger partial charge in [-0.2, -0.15) is 0 Å². The summed E-state index contributed by atoms with van der Waals surface area (Å²) in [5, 5.41) is 11.6. The van der Waals surface area contributed by atoms with E-state index < -0.39 is 17.7 Å². The molecule has 1 fully saturated rings. The van der Waals surface area contributed by atoms with E-state index in [0.29, 0.717) is 40.7 Å². The highest BCUT2D eigenvalue weighted by Gasteiger charge is 2.47. The summed E-state index contributed by atoms with van der Waals surface area (Å²) in [4.78, 5) is 28.6. The van der Waals surface area contributed by atoms with Gasteiger partial charge in [-0.25, -0.2) is 0 Å². The summed E-state index contributed by atoms with van der Waals surface area (Å²) in [6, 6.07) is 18.7. The summed E-state index contributed by atoms with van der Waals surface area (Å²) in [5.74, 6) is 0.217. The maximum Gasteiger partial charge on any atom is 0.300 e. The Kier molecular flexibility index (Phi) is 8.29. The maximum atomic E-state index is 13.6. The predicted octanol–water partition coefficient (Wildman–Crippen LogP) is 6.63. The number of rotatable bonds is 9. The van der Waals surface area contributed by atoms with Crippen LogP contribution in [0.4, 0.5) is 5.69 Å². The molecule has 0 bridgehead atoms. The zero-order chi connectivity index (χ0) is 28.3. The van der Waals surface area contributed by atoms with Crippen molar-refractivity contribution >= 4 is 23.1 Å². The summed E-state index contributed by atoms with van der Waals surface area (Å²) >= 11 is 0. The number of methoxy groups -OCH3 is 1. The molecule has 1 unspecified atom stereocenters. The molecule has 0 spiro atoms. The lowest BCUT2D eigenvalue weighted by atomic mass is 9.93. The van der Waals surface area contributed by atoms with Crippen LogP contribution in [-0.2, 0) is 9.59 Å². The van der Waals surface area contributed by atoms with Crippen molar-refractivity contribution in [2.75, 3.05) is 18.6 Å². The second kappa shape index (κ2) is 11.6. The van der Waals surface area contributed by atoms with Crippen LogP contribution in [0.3, 0.4) is 0 Å². The van der Waals surface area contributed by atoms with Gasteiger partial charge < -0.3 is 19.3 Å². The summed E-state index contributed by atoms with van der Waals surface area (Å²) in [6.07, 6.45) is -0.0664. The third kappa shape index (κ3) is 5.62. The highest BCUT2D eigenvalue weighted by Crippen LogP contribution is 2.44. The minimum Gasteiger partial charge on any atom is -0.507 e. The van der Waals surface area contributed by atoms with Gasteiger partial charge in [0.1, 0.15) is 23.0 Å². The predicted molar refractivity (Wildman–Crippen MR) is 152 cm³/mol. The van der Waals surface area contributed by atoms with Crippen LogP contribution in [0.5, 0.6) is 17.2 Å². The Labute approximate surface area is 229 Å². The molecular formula is C32H35NO6. The monoisotopic (exact) mass is 529 g/mol. The van der Waals surface area contributed by atoms with E-state index in [1.54, 1.807) is 55.6 Å². The molecule has 0 radical (unpaired) electrons. The molecule has 1 aliphatic heterocycles. The quantitative estimate of drug-likeness (QED) is 0.190. The van der Waals surface area contributed by atoms with E-state index in [-0.39, 0.29) is 23.4 Å². The van der Waals surface area contributed by atoms with Crippen molar-refractivity contribution in [3.8, 4) is 17.2 Å². The number of hydrogen-bond donors (Lipinski definition) is 1. The van der Waals surface area contributed by atoms with Crippen LogP contribution in [-0.4, -0.2) is 36.6 Å². The second-order valence-corrected chi connectivity index (χ2v) is 9.95. The summed E-state index contributed by atoms with van der Waals surface area (Å²) in [6.45, 7) is 10.2. The standard InChI is InChI=1S/C32H35NO6/c1-7-38-24-12-9-11-23(18-24)33-29(21-10-8-13-25(16-21)39-20(4)5)28(31(35)32(33)36)30(34)22-14-15-27(37-6)26(17-22)19(2)3/h8-20,29,34H,7H2,1-6H3/b30-28+. The smallest absolute Gasteiger partial charge is 0.300 e. The molecule has 1 heterocycles. The number of amides is 1. The Balaban J connectivity index is 1.94. The van der Waals surface area contributed by atoms with Crippen LogP contribution in [0.2, 0.25) is 0 Å². The van der Waals surface area contributed by atoms with Crippen LogP contribution in [0.1, 0.15) is 63.3 Å². The topological polar surface area (TPSA) is 85.3 Å². The highest BCUT2D eigenvalue weighted by atomic mass is 16.5. The van der Waals surface area contributed by atoms with Crippen LogP contribution in [0, 0.1) is 0 Å². The maximum absolute atomic E-state index is 13.6. The summed E-state index contributed by atoms with van der Waals surface area (Å²) < 4.78 is 17.1. The fourth-order valence-corrected chi connectivity index (χ4v) is 4.82. The average Bonchev–Trinajstić information content (AvgIpc) is 3.18. The Hall–Kier alpha value is -4.26. The van der Waals surface area contributed by atoms with Crippen molar-refractivity contribution in [2.24, 2.45) is 0 Å². The van der Waals surface area contributed by atoms with Crippen molar-refractivity contribution in [1.29, 1.82) is 0 Å². The lowest BCUT2D eigenvalue weighted by Crippen LogP contribution is -2.29. The van der Waals surface area contributed by atoms with E-state index in [1.807, 2.05) is 52.8 Å². The van der Waals surface area contributed by atoms with Gasteiger partial charge in [0.2, 0.25) is 0 Å². The number of anilines is 1. The van der Waals surface area contributed by atoms with Gasteiger partial charge in [-0.1, -0.05) is 32.0 Å². The third-order valence-electron chi connectivity index (χ3n) is 6.52. The number of hydrogen-bond acceptors (Lipinski definition) is 6. The molecule has 0 aromatic heterocycles. The van der Waals surface area contributed by atoms with Crippen molar-refractivity contribution in [1.82, 2.24) is 0 Å². The van der Waals surface area contributed by atoms with Gasteiger partial charge >= 0.3 is 0 Å². The highest BCUT2D eigenvalue weighted by molar-refractivity contribution is 6.51. The summed E-state index contributed by atoms with van der Waals surface area (Å²) in [7, 11) is 1.59.